The monoisotopic (exact) mass is 240 g/mol. The van der Waals surface area contributed by atoms with Gasteiger partial charge in [-0.3, -0.25) is 4.79 Å². The predicted molar refractivity (Wildman–Crippen MR) is 60.0 cm³/mol. The van der Waals surface area contributed by atoms with Crippen LogP contribution in [0.3, 0.4) is 0 Å². The third-order valence-corrected chi connectivity index (χ3v) is 1.90. The van der Waals surface area contributed by atoms with Crippen molar-refractivity contribution in [2.45, 2.75) is 26.9 Å². The van der Waals surface area contributed by atoms with E-state index in [-0.39, 0.29) is 17.5 Å². The van der Waals surface area contributed by atoms with Gasteiger partial charge >= 0.3 is 5.97 Å². The van der Waals surface area contributed by atoms with Crippen LogP contribution in [0.15, 0.2) is 23.7 Å². The Balaban J connectivity index is 2.84. The van der Waals surface area contributed by atoms with Crippen molar-refractivity contribution in [1.82, 2.24) is 0 Å². The zero-order valence-electron chi connectivity index (χ0n) is 10.2. The molecule has 0 aromatic rings. The molecule has 1 aliphatic heterocycles. The molecule has 0 radical (unpaired) electrons. The van der Waals surface area contributed by atoms with E-state index < -0.39 is 5.97 Å². The first-order valence-corrected chi connectivity index (χ1v) is 5.39. The number of esters is 1. The van der Waals surface area contributed by atoms with E-state index >= 15 is 0 Å². The molecule has 0 fully saturated rings. The minimum Gasteiger partial charge on any atom is -0.494 e. The van der Waals surface area contributed by atoms with Gasteiger partial charge in [0.15, 0.2) is 11.5 Å². The largest absolute Gasteiger partial charge is 0.494 e. The fourth-order valence-electron chi connectivity index (χ4n) is 1.18. The van der Waals surface area contributed by atoms with Crippen molar-refractivity contribution in [3.63, 3.8) is 0 Å². The van der Waals surface area contributed by atoms with Crippen molar-refractivity contribution in [3.8, 4) is 0 Å². The van der Waals surface area contributed by atoms with Crippen LogP contribution in [-0.2, 0) is 23.8 Å². The van der Waals surface area contributed by atoms with Crippen molar-refractivity contribution >= 4 is 11.8 Å². The fraction of sp³-hybridized carbons (Fsp3) is 0.500. The maximum Gasteiger partial charge on any atom is 0.342 e. The number of carbonyl (C=O) groups is 2. The molecule has 0 saturated heterocycles. The van der Waals surface area contributed by atoms with E-state index in [1.165, 1.54) is 19.3 Å². The molecule has 17 heavy (non-hydrogen) atoms. The molecule has 0 aromatic heterocycles. The Labute approximate surface area is 100 Å². The lowest BCUT2D eigenvalue weighted by molar-refractivity contribution is -0.143. The molecule has 0 spiro atoms. The summed E-state index contributed by atoms with van der Waals surface area (Å²) in [5, 5.41) is 0. The number of ether oxygens (including phenoxy) is 3. The highest BCUT2D eigenvalue weighted by Crippen LogP contribution is 2.11. The number of allylic oxidation sites excluding steroid dienone is 1. The number of hydrogen-bond acceptors (Lipinski definition) is 5. The molecule has 0 aromatic carbocycles. The lowest BCUT2D eigenvalue weighted by Crippen LogP contribution is -2.18. The Morgan fingerprint density at radius 1 is 1.41 bits per heavy atom. The van der Waals surface area contributed by atoms with Crippen molar-refractivity contribution in [2.24, 2.45) is 0 Å². The van der Waals surface area contributed by atoms with Crippen LogP contribution >= 0.6 is 0 Å². The van der Waals surface area contributed by atoms with E-state index in [0.717, 1.165) is 0 Å². The van der Waals surface area contributed by atoms with Crippen LogP contribution in [0.25, 0.3) is 0 Å². The number of ketones is 1. The molecule has 0 N–H and O–H groups in total. The molecule has 0 atom stereocenters. The van der Waals surface area contributed by atoms with Crippen LogP contribution in [0.2, 0.25) is 0 Å². The highest BCUT2D eigenvalue weighted by Gasteiger charge is 2.19. The number of hydrogen-bond donors (Lipinski definition) is 0. The molecule has 0 unspecified atom stereocenters. The minimum absolute atomic E-state index is 0.0459. The maximum absolute atomic E-state index is 11.6. The number of carbonyl (C=O) groups excluding carboxylic acids is 2. The van der Waals surface area contributed by atoms with Gasteiger partial charge in [0.1, 0.15) is 25.0 Å². The van der Waals surface area contributed by atoms with Crippen LogP contribution in [0.1, 0.15) is 20.8 Å². The summed E-state index contributed by atoms with van der Waals surface area (Å²) in [5.74, 6) is -0.671. The van der Waals surface area contributed by atoms with Gasteiger partial charge in [0, 0.05) is 6.08 Å². The Hall–Kier alpha value is -1.78. The predicted octanol–water partition coefficient (Wildman–Crippen LogP) is 1.34. The Morgan fingerprint density at radius 3 is 2.59 bits per heavy atom. The van der Waals surface area contributed by atoms with Crippen molar-refractivity contribution in [2.75, 3.05) is 13.2 Å². The maximum atomic E-state index is 11.6. The van der Waals surface area contributed by atoms with Gasteiger partial charge in [-0.25, -0.2) is 4.79 Å². The van der Waals surface area contributed by atoms with Gasteiger partial charge in [-0.05, 0) is 20.8 Å². The average Bonchev–Trinajstić information content (AvgIpc) is 2.25. The highest BCUT2D eigenvalue weighted by atomic mass is 16.6. The first kappa shape index (κ1) is 13.3. The second kappa shape index (κ2) is 6.08. The van der Waals surface area contributed by atoms with Crippen LogP contribution in [0, 0.1) is 0 Å². The first-order valence-electron chi connectivity index (χ1n) is 5.39. The molecule has 1 heterocycles. The lowest BCUT2D eigenvalue weighted by Gasteiger charge is -2.14. The van der Waals surface area contributed by atoms with E-state index in [2.05, 4.69) is 0 Å². The number of Topliss-reactive ketones (excluding diaryl/α,β-unsaturated/α-hetero) is 1. The van der Waals surface area contributed by atoms with Gasteiger partial charge in [-0.1, -0.05) is 0 Å². The summed E-state index contributed by atoms with van der Waals surface area (Å²) in [6.07, 6.45) is 2.43. The molecule has 1 rings (SSSR count). The summed E-state index contributed by atoms with van der Waals surface area (Å²) in [4.78, 5) is 23.0. The van der Waals surface area contributed by atoms with Crippen molar-refractivity contribution < 1.29 is 23.8 Å². The normalized spacial score (nSPS) is 15.8. The van der Waals surface area contributed by atoms with E-state index in [9.17, 15) is 9.59 Å². The SMILES string of the molecule is CC(=O)C(=CC1=COCCO1)C(=O)OC(C)C. The summed E-state index contributed by atoms with van der Waals surface area (Å²) < 4.78 is 15.2. The quantitative estimate of drug-likeness (QED) is 0.321. The fourth-order valence-corrected chi connectivity index (χ4v) is 1.18. The zero-order valence-corrected chi connectivity index (χ0v) is 10.2. The molecule has 94 valence electrons. The van der Waals surface area contributed by atoms with Crippen LogP contribution in [-0.4, -0.2) is 31.1 Å². The molecule has 0 bridgehead atoms. The standard InChI is InChI=1S/C12H16O5/c1-8(2)17-12(14)11(9(3)13)6-10-7-15-4-5-16-10/h6-8H,4-5H2,1-3H3. The van der Waals surface area contributed by atoms with Gasteiger partial charge < -0.3 is 14.2 Å². The highest BCUT2D eigenvalue weighted by molar-refractivity contribution is 6.16. The second-order valence-electron chi connectivity index (χ2n) is 3.81. The van der Waals surface area contributed by atoms with Crippen molar-refractivity contribution in [3.05, 3.63) is 23.7 Å². The molecule has 0 aliphatic carbocycles. The van der Waals surface area contributed by atoms with E-state index in [4.69, 9.17) is 14.2 Å². The van der Waals surface area contributed by atoms with Gasteiger partial charge in [0.05, 0.1) is 6.10 Å². The van der Waals surface area contributed by atoms with E-state index in [1.54, 1.807) is 13.8 Å². The second-order valence-corrected chi connectivity index (χ2v) is 3.81. The summed E-state index contributed by atoms with van der Waals surface area (Å²) >= 11 is 0. The molecule has 5 heteroatoms. The molecule has 5 nitrogen and oxygen atoms in total. The Morgan fingerprint density at radius 2 is 2.12 bits per heavy atom. The molecule has 0 saturated carbocycles. The van der Waals surface area contributed by atoms with E-state index in [0.29, 0.717) is 19.0 Å². The van der Waals surface area contributed by atoms with Gasteiger partial charge in [-0.2, -0.15) is 0 Å². The molecular weight excluding hydrogens is 224 g/mol. The molecule has 0 amide bonds. The average molecular weight is 240 g/mol. The summed E-state index contributed by atoms with van der Waals surface area (Å²) in [7, 11) is 0. The number of rotatable bonds is 4. The topological polar surface area (TPSA) is 61.8 Å². The van der Waals surface area contributed by atoms with Crippen LogP contribution in [0.5, 0.6) is 0 Å². The molecule has 1 aliphatic rings. The third-order valence-electron chi connectivity index (χ3n) is 1.90. The van der Waals surface area contributed by atoms with E-state index in [1.807, 2.05) is 0 Å². The summed E-state index contributed by atoms with van der Waals surface area (Å²) in [5.41, 5.74) is -0.0459. The first-order chi connectivity index (χ1) is 8.00. The van der Waals surface area contributed by atoms with Gasteiger partial charge in [-0.15, -0.1) is 0 Å². The smallest absolute Gasteiger partial charge is 0.342 e. The zero-order chi connectivity index (χ0) is 12.8. The van der Waals surface area contributed by atoms with Gasteiger partial charge in [0.25, 0.3) is 0 Å². The summed E-state index contributed by atoms with van der Waals surface area (Å²) in [6, 6.07) is 0. The lowest BCUT2D eigenvalue weighted by atomic mass is 10.1. The summed E-state index contributed by atoms with van der Waals surface area (Å²) in [6.45, 7) is 5.60. The molecular formula is C12H16O5. The Bertz CT molecular complexity index is 365. The van der Waals surface area contributed by atoms with Gasteiger partial charge in [0.2, 0.25) is 0 Å². The van der Waals surface area contributed by atoms with Crippen LogP contribution < -0.4 is 0 Å². The van der Waals surface area contributed by atoms with Crippen LogP contribution in [0.4, 0.5) is 0 Å². The van der Waals surface area contributed by atoms with Crippen molar-refractivity contribution in [1.29, 1.82) is 0 Å². The minimum atomic E-state index is -0.650. The Kier molecular flexibility index (Phi) is 4.75. The third kappa shape index (κ3) is 4.30.